The second-order valence-electron chi connectivity index (χ2n) is 4.37. The summed E-state index contributed by atoms with van der Waals surface area (Å²) < 4.78 is 38.3. The molecule has 21 heavy (non-hydrogen) atoms. The first kappa shape index (κ1) is 15.5. The second-order valence-corrected chi connectivity index (χ2v) is 5.22. The van der Waals surface area contributed by atoms with Crippen LogP contribution in [0.3, 0.4) is 0 Å². The number of carbonyl (C=O) groups excluding carboxylic acids is 1. The summed E-state index contributed by atoms with van der Waals surface area (Å²) in [7, 11) is 0. The first-order chi connectivity index (χ1) is 9.77. The topological polar surface area (TPSA) is 42.0 Å². The molecular weight excluding hydrogens is 349 g/mol. The van der Waals surface area contributed by atoms with E-state index in [0.717, 1.165) is 17.7 Å². The lowest BCUT2D eigenvalue weighted by atomic mass is 10.1. The number of benzene rings is 1. The van der Waals surface area contributed by atoms with Crippen LogP contribution in [-0.2, 0) is 6.18 Å². The molecule has 0 radical (unpaired) electrons. The number of rotatable bonds is 2. The number of anilines is 1. The highest BCUT2D eigenvalue weighted by molar-refractivity contribution is 9.10. The third-order valence-electron chi connectivity index (χ3n) is 2.69. The lowest BCUT2D eigenvalue weighted by Gasteiger charge is -2.10. The minimum atomic E-state index is -4.50. The summed E-state index contributed by atoms with van der Waals surface area (Å²) in [5.74, 6) is -0.390. The smallest absolute Gasteiger partial charge is 0.307 e. The molecule has 2 aromatic rings. The van der Waals surface area contributed by atoms with Gasteiger partial charge in [0.2, 0.25) is 0 Å². The summed E-state index contributed by atoms with van der Waals surface area (Å²) in [4.78, 5) is 16.0. The largest absolute Gasteiger partial charge is 0.416 e. The molecule has 2 rings (SSSR count). The average molecular weight is 359 g/mol. The molecule has 0 bridgehead atoms. The zero-order valence-electron chi connectivity index (χ0n) is 10.8. The SMILES string of the molecule is Cc1ccc(NC(=O)c2cc(C(F)(F)F)ccc2Br)nc1. The van der Waals surface area contributed by atoms with Crippen LogP contribution in [0, 0.1) is 6.92 Å². The molecule has 0 unspecified atom stereocenters. The molecule has 0 aliphatic heterocycles. The maximum Gasteiger partial charge on any atom is 0.416 e. The van der Waals surface area contributed by atoms with Crippen molar-refractivity contribution in [3.63, 3.8) is 0 Å². The van der Waals surface area contributed by atoms with Crippen molar-refractivity contribution in [3.8, 4) is 0 Å². The molecule has 0 spiro atoms. The number of aryl methyl sites for hydroxylation is 1. The van der Waals surface area contributed by atoms with Crippen molar-refractivity contribution >= 4 is 27.7 Å². The third kappa shape index (κ3) is 3.81. The molecule has 0 aliphatic carbocycles. The molecule has 0 saturated heterocycles. The molecule has 110 valence electrons. The molecule has 1 aromatic carbocycles. The van der Waals surface area contributed by atoms with Gasteiger partial charge < -0.3 is 5.32 Å². The molecular formula is C14H10BrF3N2O. The number of halogens is 4. The number of aromatic nitrogens is 1. The Morgan fingerprint density at radius 3 is 2.52 bits per heavy atom. The highest BCUT2D eigenvalue weighted by Gasteiger charge is 2.31. The van der Waals surface area contributed by atoms with Crippen LogP contribution in [-0.4, -0.2) is 10.9 Å². The van der Waals surface area contributed by atoms with Gasteiger partial charge in [0.25, 0.3) is 5.91 Å². The number of alkyl halides is 3. The van der Waals surface area contributed by atoms with Gasteiger partial charge in [-0.25, -0.2) is 4.98 Å². The van der Waals surface area contributed by atoms with E-state index in [1.807, 2.05) is 6.92 Å². The number of carbonyl (C=O) groups is 1. The van der Waals surface area contributed by atoms with E-state index in [0.29, 0.717) is 0 Å². The maximum atomic E-state index is 12.7. The molecule has 1 heterocycles. The zero-order chi connectivity index (χ0) is 15.6. The summed E-state index contributed by atoms with van der Waals surface area (Å²) in [6.45, 7) is 1.84. The van der Waals surface area contributed by atoms with E-state index in [4.69, 9.17) is 0 Å². The van der Waals surface area contributed by atoms with Gasteiger partial charge in [-0.2, -0.15) is 13.2 Å². The van der Waals surface area contributed by atoms with Crippen molar-refractivity contribution in [1.82, 2.24) is 4.98 Å². The normalized spacial score (nSPS) is 11.3. The minimum absolute atomic E-state index is 0.104. The van der Waals surface area contributed by atoms with Crippen molar-refractivity contribution in [2.75, 3.05) is 5.32 Å². The molecule has 3 nitrogen and oxygen atoms in total. The molecule has 0 fully saturated rings. The molecule has 1 aromatic heterocycles. The van der Waals surface area contributed by atoms with Crippen molar-refractivity contribution < 1.29 is 18.0 Å². The van der Waals surface area contributed by atoms with Crippen molar-refractivity contribution in [2.45, 2.75) is 13.1 Å². The van der Waals surface area contributed by atoms with Gasteiger partial charge >= 0.3 is 6.18 Å². The summed E-state index contributed by atoms with van der Waals surface area (Å²) >= 11 is 3.07. The summed E-state index contributed by atoms with van der Waals surface area (Å²) in [5, 5.41) is 2.46. The second kappa shape index (κ2) is 5.85. The number of hydrogen-bond donors (Lipinski definition) is 1. The van der Waals surface area contributed by atoms with Crippen LogP contribution in [0.2, 0.25) is 0 Å². The van der Waals surface area contributed by atoms with Crippen LogP contribution in [0.15, 0.2) is 41.0 Å². The average Bonchev–Trinajstić information content (AvgIpc) is 2.40. The number of nitrogens with one attached hydrogen (secondary N) is 1. The van der Waals surface area contributed by atoms with E-state index in [-0.39, 0.29) is 15.9 Å². The Bertz CT molecular complexity index is 669. The van der Waals surface area contributed by atoms with Gasteiger partial charge in [-0.1, -0.05) is 6.07 Å². The van der Waals surface area contributed by atoms with Gasteiger partial charge in [-0.15, -0.1) is 0 Å². The van der Waals surface area contributed by atoms with Crippen LogP contribution >= 0.6 is 15.9 Å². The van der Waals surface area contributed by atoms with Gasteiger partial charge in [-0.05, 0) is 52.7 Å². The van der Waals surface area contributed by atoms with Crippen LogP contribution < -0.4 is 5.32 Å². The van der Waals surface area contributed by atoms with Gasteiger partial charge in [-0.3, -0.25) is 4.79 Å². The minimum Gasteiger partial charge on any atom is -0.307 e. The fourth-order valence-electron chi connectivity index (χ4n) is 1.60. The third-order valence-corrected chi connectivity index (χ3v) is 3.38. The Morgan fingerprint density at radius 1 is 1.24 bits per heavy atom. The van der Waals surface area contributed by atoms with Gasteiger partial charge in [0.05, 0.1) is 11.1 Å². The molecule has 7 heteroatoms. The molecule has 1 N–H and O–H groups in total. The zero-order valence-corrected chi connectivity index (χ0v) is 12.4. The lowest BCUT2D eigenvalue weighted by Crippen LogP contribution is -2.15. The van der Waals surface area contributed by atoms with E-state index in [1.54, 1.807) is 18.3 Å². The predicted molar refractivity (Wildman–Crippen MR) is 76.1 cm³/mol. The van der Waals surface area contributed by atoms with E-state index in [9.17, 15) is 18.0 Å². The predicted octanol–water partition coefficient (Wildman–Crippen LogP) is 4.42. The van der Waals surface area contributed by atoms with E-state index >= 15 is 0 Å². The summed E-state index contributed by atoms with van der Waals surface area (Å²) in [6.07, 6.45) is -2.95. The van der Waals surface area contributed by atoms with Crippen LogP contribution in [0.1, 0.15) is 21.5 Å². The Labute approximate surface area is 127 Å². The Morgan fingerprint density at radius 2 is 1.95 bits per heavy atom. The van der Waals surface area contributed by atoms with Crippen LogP contribution in [0.4, 0.5) is 19.0 Å². The number of amides is 1. The molecule has 1 amide bonds. The quantitative estimate of drug-likeness (QED) is 0.862. The lowest BCUT2D eigenvalue weighted by molar-refractivity contribution is -0.137. The van der Waals surface area contributed by atoms with Crippen LogP contribution in [0.25, 0.3) is 0 Å². The monoisotopic (exact) mass is 358 g/mol. The van der Waals surface area contributed by atoms with Crippen molar-refractivity contribution in [2.24, 2.45) is 0 Å². The molecule has 0 aliphatic rings. The first-order valence-corrected chi connectivity index (χ1v) is 6.67. The van der Waals surface area contributed by atoms with E-state index in [2.05, 4.69) is 26.2 Å². The number of pyridine rings is 1. The Hall–Kier alpha value is -1.89. The fraction of sp³-hybridized carbons (Fsp3) is 0.143. The highest BCUT2D eigenvalue weighted by Crippen LogP contribution is 2.32. The van der Waals surface area contributed by atoms with Crippen molar-refractivity contribution in [3.05, 3.63) is 57.7 Å². The van der Waals surface area contributed by atoms with Crippen LogP contribution in [0.5, 0.6) is 0 Å². The summed E-state index contributed by atoms with van der Waals surface area (Å²) in [6, 6.07) is 6.22. The Kier molecular flexibility index (Phi) is 4.32. The summed E-state index contributed by atoms with van der Waals surface area (Å²) in [5.41, 5.74) is -0.0758. The Balaban J connectivity index is 2.28. The van der Waals surface area contributed by atoms with E-state index < -0.39 is 17.6 Å². The highest BCUT2D eigenvalue weighted by atomic mass is 79.9. The first-order valence-electron chi connectivity index (χ1n) is 5.88. The van der Waals surface area contributed by atoms with Gasteiger partial charge in [0, 0.05) is 10.7 Å². The van der Waals surface area contributed by atoms with Crippen molar-refractivity contribution in [1.29, 1.82) is 0 Å². The van der Waals surface area contributed by atoms with Gasteiger partial charge in [0.1, 0.15) is 5.82 Å². The fourth-order valence-corrected chi connectivity index (χ4v) is 2.03. The molecule has 0 saturated carbocycles. The number of hydrogen-bond acceptors (Lipinski definition) is 2. The molecule has 0 atom stereocenters. The van der Waals surface area contributed by atoms with E-state index in [1.165, 1.54) is 6.07 Å². The standard InChI is InChI=1S/C14H10BrF3N2O/c1-8-2-5-12(19-7-8)20-13(21)10-6-9(14(16,17)18)3-4-11(10)15/h2-7H,1H3,(H,19,20,21). The maximum absolute atomic E-state index is 12.7. The van der Waals surface area contributed by atoms with Gasteiger partial charge in [0.15, 0.2) is 0 Å². The number of nitrogens with zero attached hydrogens (tertiary/aromatic N) is 1.